The minimum atomic E-state index is -0.969. The van der Waals surface area contributed by atoms with Crippen LogP contribution in [0.2, 0.25) is 0 Å². The molecule has 0 aromatic carbocycles. The predicted molar refractivity (Wildman–Crippen MR) is 104 cm³/mol. The van der Waals surface area contributed by atoms with Crippen LogP contribution in [0, 0.1) is 11.8 Å². The maximum Gasteiger partial charge on any atom is 0.519 e. The average molecular weight is 379 g/mol. The van der Waals surface area contributed by atoms with Crippen LogP contribution in [-0.2, 0) is 14.2 Å². The highest BCUT2D eigenvalue weighted by Crippen LogP contribution is 2.39. The Hall–Kier alpha value is -1.78. The van der Waals surface area contributed by atoms with Crippen LogP contribution >= 0.6 is 0 Å². The first kappa shape index (κ1) is 21.5. The van der Waals surface area contributed by atoms with Crippen LogP contribution in [0.3, 0.4) is 0 Å². The third-order valence-electron chi connectivity index (χ3n) is 6.32. The van der Waals surface area contributed by atoms with E-state index in [9.17, 15) is 9.59 Å². The van der Waals surface area contributed by atoms with Gasteiger partial charge in [-0.3, -0.25) is 0 Å². The van der Waals surface area contributed by atoms with Crippen LogP contribution in [0.5, 0.6) is 0 Å². The first-order chi connectivity index (χ1) is 12.6. The van der Waals surface area contributed by atoms with Crippen molar-refractivity contribution in [2.75, 3.05) is 0 Å². The number of carbonyl (C=O) groups is 2. The molecule has 0 amide bonds. The summed E-state index contributed by atoms with van der Waals surface area (Å²) in [5.74, 6) is 0.248. The van der Waals surface area contributed by atoms with Crippen LogP contribution in [0.25, 0.3) is 0 Å². The van der Waals surface area contributed by atoms with Gasteiger partial charge in [-0.25, -0.2) is 9.59 Å². The van der Waals surface area contributed by atoms with Gasteiger partial charge in [-0.1, -0.05) is 51.0 Å². The number of ether oxygens (including phenoxy) is 3. The topological polar surface area (TPSA) is 61.8 Å². The molecular formula is C22H34O5. The SMILES string of the molecule is CC1=CCC(OC(=O)OC(=O)OC2(C(C)C)CC=C(C)CC2)(C(C)C)CC1. The van der Waals surface area contributed by atoms with Crippen LogP contribution in [0.1, 0.15) is 80.1 Å². The first-order valence-corrected chi connectivity index (χ1v) is 10.0. The zero-order valence-corrected chi connectivity index (χ0v) is 17.6. The second kappa shape index (κ2) is 8.49. The Bertz CT molecular complexity index is 577. The maximum atomic E-state index is 12.3. The highest BCUT2D eigenvalue weighted by molar-refractivity contribution is 5.77. The molecule has 0 saturated heterocycles. The quantitative estimate of drug-likeness (QED) is 0.325. The smallest absolute Gasteiger partial charge is 0.427 e. The van der Waals surface area contributed by atoms with Crippen molar-refractivity contribution in [2.45, 2.75) is 91.3 Å². The van der Waals surface area contributed by atoms with Crippen LogP contribution in [-0.4, -0.2) is 23.5 Å². The van der Waals surface area contributed by atoms with Gasteiger partial charge in [0.1, 0.15) is 11.2 Å². The molecule has 0 fully saturated rings. The zero-order valence-electron chi connectivity index (χ0n) is 17.6. The summed E-state index contributed by atoms with van der Waals surface area (Å²) in [5.41, 5.74) is 1.33. The fourth-order valence-electron chi connectivity index (χ4n) is 3.83. The van der Waals surface area contributed by atoms with Gasteiger partial charge < -0.3 is 14.2 Å². The van der Waals surface area contributed by atoms with Gasteiger partial charge in [0.15, 0.2) is 0 Å². The molecular weight excluding hydrogens is 344 g/mol. The van der Waals surface area contributed by atoms with Crippen molar-refractivity contribution in [3.05, 3.63) is 23.3 Å². The number of hydrogen-bond donors (Lipinski definition) is 0. The Kier molecular flexibility index (Phi) is 6.77. The highest BCUT2D eigenvalue weighted by atomic mass is 16.8. The summed E-state index contributed by atoms with van der Waals surface area (Å²) in [7, 11) is 0. The van der Waals surface area contributed by atoms with E-state index in [0.717, 1.165) is 25.7 Å². The Morgan fingerprint density at radius 1 is 0.815 bits per heavy atom. The fraction of sp³-hybridized carbons (Fsp3) is 0.727. The van der Waals surface area contributed by atoms with E-state index >= 15 is 0 Å². The molecule has 0 heterocycles. The van der Waals surface area contributed by atoms with E-state index in [4.69, 9.17) is 14.2 Å². The molecule has 5 nitrogen and oxygen atoms in total. The lowest BCUT2D eigenvalue weighted by atomic mass is 9.78. The molecule has 2 unspecified atom stereocenters. The standard InChI is InChI=1S/C22H34O5/c1-15(2)21(11-7-17(5)8-12-21)26-19(23)25-20(24)27-22(16(3)4)13-9-18(6)10-14-22/h7,9,15-16H,8,10-14H2,1-6H3. The van der Waals surface area contributed by atoms with E-state index in [-0.39, 0.29) is 11.8 Å². The number of allylic oxidation sites excluding steroid dienone is 2. The van der Waals surface area contributed by atoms with E-state index in [1.165, 1.54) is 11.1 Å². The minimum Gasteiger partial charge on any atom is -0.427 e. The molecule has 0 bridgehead atoms. The van der Waals surface area contributed by atoms with Crippen molar-refractivity contribution in [2.24, 2.45) is 11.8 Å². The first-order valence-electron chi connectivity index (χ1n) is 10.0. The predicted octanol–water partition coefficient (Wildman–Crippen LogP) is 6.33. The summed E-state index contributed by atoms with van der Waals surface area (Å²) in [6, 6.07) is 0. The summed E-state index contributed by atoms with van der Waals surface area (Å²) in [5, 5.41) is 0. The van der Waals surface area contributed by atoms with Gasteiger partial charge in [-0.15, -0.1) is 0 Å². The molecule has 2 aliphatic rings. The Morgan fingerprint density at radius 2 is 1.19 bits per heavy atom. The molecule has 0 N–H and O–H groups in total. The molecule has 2 atom stereocenters. The molecule has 0 aliphatic heterocycles. The van der Waals surface area contributed by atoms with Crippen LogP contribution in [0.4, 0.5) is 9.59 Å². The minimum absolute atomic E-state index is 0.124. The fourth-order valence-corrected chi connectivity index (χ4v) is 3.83. The van der Waals surface area contributed by atoms with Crippen molar-refractivity contribution in [3.8, 4) is 0 Å². The van der Waals surface area contributed by atoms with Crippen molar-refractivity contribution in [1.29, 1.82) is 0 Å². The molecule has 152 valence electrons. The largest absolute Gasteiger partial charge is 0.519 e. The number of rotatable bonds is 4. The van der Waals surface area contributed by atoms with Gasteiger partial charge in [-0.2, -0.15) is 0 Å². The lowest BCUT2D eigenvalue weighted by molar-refractivity contribution is -0.0867. The van der Waals surface area contributed by atoms with E-state index in [0.29, 0.717) is 12.8 Å². The third-order valence-corrected chi connectivity index (χ3v) is 6.32. The van der Waals surface area contributed by atoms with Gasteiger partial charge in [0.25, 0.3) is 0 Å². The Labute approximate surface area is 163 Å². The van der Waals surface area contributed by atoms with Crippen LogP contribution < -0.4 is 0 Å². The average Bonchev–Trinajstić information content (AvgIpc) is 2.58. The normalized spacial score (nSPS) is 28.4. The molecule has 2 rings (SSSR count). The zero-order chi connectivity index (χ0) is 20.2. The Morgan fingerprint density at radius 3 is 1.44 bits per heavy atom. The molecule has 27 heavy (non-hydrogen) atoms. The second-order valence-corrected chi connectivity index (χ2v) is 8.75. The summed E-state index contributed by atoms with van der Waals surface area (Å²) in [6.45, 7) is 12.2. The lowest BCUT2D eigenvalue weighted by Crippen LogP contribution is -2.44. The summed E-state index contributed by atoms with van der Waals surface area (Å²) in [6.07, 6.45) is 6.75. The monoisotopic (exact) mass is 378 g/mol. The van der Waals surface area contributed by atoms with Crippen LogP contribution in [0.15, 0.2) is 23.3 Å². The van der Waals surface area contributed by atoms with E-state index < -0.39 is 23.5 Å². The van der Waals surface area contributed by atoms with E-state index in [1.807, 2.05) is 27.7 Å². The lowest BCUT2D eigenvalue weighted by Gasteiger charge is -2.39. The van der Waals surface area contributed by atoms with Crippen molar-refractivity contribution in [1.82, 2.24) is 0 Å². The van der Waals surface area contributed by atoms with Crippen molar-refractivity contribution < 1.29 is 23.8 Å². The van der Waals surface area contributed by atoms with Gasteiger partial charge >= 0.3 is 12.3 Å². The molecule has 5 heteroatoms. The Balaban J connectivity index is 1.99. The molecule has 2 aliphatic carbocycles. The molecule has 0 spiro atoms. The molecule has 0 saturated carbocycles. The molecule has 0 aromatic rings. The van der Waals surface area contributed by atoms with Gasteiger partial charge in [0.2, 0.25) is 0 Å². The highest BCUT2D eigenvalue weighted by Gasteiger charge is 2.42. The van der Waals surface area contributed by atoms with E-state index in [1.54, 1.807) is 0 Å². The summed E-state index contributed by atoms with van der Waals surface area (Å²) < 4.78 is 16.2. The van der Waals surface area contributed by atoms with Gasteiger partial charge in [0, 0.05) is 12.8 Å². The van der Waals surface area contributed by atoms with E-state index in [2.05, 4.69) is 26.0 Å². The maximum absolute atomic E-state index is 12.3. The van der Waals surface area contributed by atoms with Crippen molar-refractivity contribution in [3.63, 3.8) is 0 Å². The second-order valence-electron chi connectivity index (χ2n) is 8.75. The molecule has 0 aromatic heterocycles. The third kappa shape index (κ3) is 5.14. The number of hydrogen-bond acceptors (Lipinski definition) is 5. The van der Waals surface area contributed by atoms with Crippen molar-refractivity contribution >= 4 is 12.3 Å². The summed E-state index contributed by atoms with van der Waals surface area (Å²) in [4.78, 5) is 24.6. The van der Waals surface area contributed by atoms with Gasteiger partial charge in [-0.05, 0) is 51.4 Å². The summed E-state index contributed by atoms with van der Waals surface area (Å²) >= 11 is 0. The molecule has 0 radical (unpaired) electrons. The van der Waals surface area contributed by atoms with Gasteiger partial charge in [0.05, 0.1) is 0 Å². The number of carbonyl (C=O) groups excluding carboxylic acids is 2.